The van der Waals surface area contributed by atoms with Crippen molar-refractivity contribution in [3.05, 3.63) is 42.0 Å². The molecule has 0 aliphatic heterocycles. The molecule has 2 aromatic rings. The zero-order valence-electron chi connectivity index (χ0n) is 11.3. The number of anilines is 1. The minimum absolute atomic E-state index is 0.600. The molecule has 0 saturated heterocycles. The number of rotatable bonds is 4. The summed E-state index contributed by atoms with van der Waals surface area (Å²) < 4.78 is 2.32. The molecule has 1 aromatic heterocycles. The summed E-state index contributed by atoms with van der Waals surface area (Å²) in [4.78, 5) is 0. The summed E-state index contributed by atoms with van der Waals surface area (Å²) in [7, 11) is 0. The van der Waals surface area contributed by atoms with E-state index < -0.39 is 0 Å². The first-order valence-corrected chi connectivity index (χ1v) is 7.04. The number of nitrogens with one attached hydrogen (secondary N) is 1. The second kappa shape index (κ2) is 5.43. The predicted octanol–water partition coefficient (Wildman–Crippen LogP) is 3.31. The lowest BCUT2D eigenvalue weighted by Gasteiger charge is -2.16. The number of nitrogens with zero attached hydrogens (tertiary/aromatic N) is 3. The molecule has 1 aliphatic rings. The number of para-hydroxylation sites is 1. The van der Waals surface area contributed by atoms with E-state index in [1.54, 1.807) is 0 Å². The van der Waals surface area contributed by atoms with Crippen LogP contribution in [0.15, 0.2) is 30.3 Å². The Morgan fingerprint density at radius 3 is 2.63 bits per heavy atom. The number of aromatic nitrogens is 3. The van der Waals surface area contributed by atoms with Gasteiger partial charge in [-0.25, -0.2) is 0 Å². The number of hydrogen-bond acceptors (Lipinski definition) is 3. The topological polar surface area (TPSA) is 42.7 Å². The Bertz CT molecular complexity index is 526. The van der Waals surface area contributed by atoms with Gasteiger partial charge in [-0.3, -0.25) is 0 Å². The van der Waals surface area contributed by atoms with Gasteiger partial charge in [-0.2, -0.15) is 0 Å². The van der Waals surface area contributed by atoms with E-state index in [1.165, 1.54) is 25.7 Å². The van der Waals surface area contributed by atoms with Crippen LogP contribution in [0.5, 0.6) is 0 Å². The molecule has 1 saturated carbocycles. The SMILES string of the molecule is Cc1nnc(CNc2ccccc2)n1C1CCCC1. The van der Waals surface area contributed by atoms with E-state index in [9.17, 15) is 0 Å². The molecule has 0 radical (unpaired) electrons. The zero-order chi connectivity index (χ0) is 13.1. The third-order valence-electron chi connectivity index (χ3n) is 3.85. The lowest BCUT2D eigenvalue weighted by molar-refractivity contribution is 0.489. The van der Waals surface area contributed by atoms with Gasteiger partial charge in [-0.05, 0) is 31.9 Å². The third-order valence-corrected chi connectivity index (χ3v) is 3.85. The van der Waals surface area contributed by atoms with Crippen molar-refractivity contribution < 1.29 is 0 Å². The van der Waals surface area contributed by atoms with Gasteiger partial charge >= 0.3 is 0 Å². The minimum atomic E-state index is 0.600. The predicted molar refractivity (Wildman–Crippen MR) is 76.0 cm³/mol. The van der Waals surface area contributed by atoms with Crippen LogP contribution in [0.3, 0.4) is 0 Å². The van der Waals surface area contributed by atoms with Gasteiger partial charge in [0, 0.05) is 11.7 Å². The van der Waals surface area contributed by atoms with Crippen LogP contribution in [-0.4, -0.2) is 14.8 Å². The molecule has 4 heteroatoms. The van der Waals surface area contributed by atoms with Crippen LogP contribution in [0, 0.1) is 6.92 Å². The van der Waals surface area contributed by atoms with Crippen LogP contribution in [0.25, 0.3) is 0 Å². The molecule has 0 spiro atoms. The summed E-state index contributed by atoms with van der Waals surface area (Å²) in [5.74, 6) is 2.09. The Kier molecular flexibility index (Phi) is 3.49. The highest BCUT2D eigenvalue weighted by molar-refractivity contribution is 5.42. The van der Waals surface area contributed by atoms with E-state index in [0.717, 1.165) is 23.9 Å². The summed E-state index contributed by atoms with van der Waals surface area (Å²) >= 11 is 0. The standard InChI is InChI=1S/C15H20N4/c1-12-17-18-15(19(12)14-9-5-6-10-14)11-16-13-7-3-2-4-8-13/h2-4,7-8,14,16H,5-6,9-11H2,1H3. The monoisotopic (exact) mass is 256 g/mol. The van der Waals surface area contributed by atoms with Gasteiger partial charge in [0.1, 0.15) is 5.82 Å². The second-order valence-corrected chi connectivity index (χ2v) is 5.19. The van der Waals surface area contributed by atoms with Crippen LogP contribution >= 0.6 is 0 Å². The Morgan fingerprint density at radius 1 is 1.16 bits per heavy atom. The molecule has 0 atom stereocenters. The van der Waals surface area contributed by atoms with Crippen molar-refractivity contribution >= 4 is 5.69 Å². The summed E-state index contributed by atoms with van der Waals surface area (Å²) in [6, 6.07) is 10.8. The zero-order valence-corrected chi connectivity index (χ0v) is 11.3. The first-order valence-electron chi connectivity index (χ1n) is 7.04. The third kappa shape index (κ3) is 2.62. The van der Waals surface area contributed by atoms with Gasteiger partial charge in [0.2, 0.25) is 0 Å². The van der Waals surface area contributed by atoms with E-state index in [1.807, 2.05) is 18.2 Å². The van der Waals surface area contributed by atoms with Crippen LogP contribution in [0.1, 0.15) is 43.4 Å². The van der Waals surface area contributed by atoms with Gasteiger partial charge in [-0.15, -0.1) is 10.2 Å². The maximum absolute atomic E-state index is 4.33. The average molecular weight is 256 g/mol. The average Bonchev–Trinajstić information content (AvgIpc) is 3.07. The molecule has 1 aliphatic carbocycles. The Morgan fingerprint density at radius 2 is 1.89 bits per heavy atom. The largest absolute Gasteiger partial charge is 0.378 e. The van der Waals surface area contributed by atoms with Crippen LogP contribution in [0.4, 0.5) is 5.69 Å². The smallest absolute Gasteiger partial charge is 0.152 e. The van der Waals surface area contributed by atoms with E-state index in [0.29, 0.717) is 6.04 Å². The first kappa shape index (κ1) is 12.2. The van der Waals surface area contributed by atoms with Gasteiger partial charge in [-0.1, -0.05) is 31.0 Å². The van der Waals surface area contributed by atoms with Crippen molar-refractivity contribution in [3.8, 4) is 0 Å². The molecule has 1 N–H and O–H groups in total. The maximum Gasteiger partial charge on any atom is 0.152 e. The van der Waals surface area contributed by atoms with Gasteiger partial charge in [0.15, 0.2) is 5.82 Å². The minimum Gasteiger partial charge on any atom is -0.378 e. The van der Waals surface area contributed by atoms with Gasteiger partial charge < -0.3 is 9.88 Å². The summed E-state index contributed by atoms with van der Waals surface area (Å²) in [5, 5.41) is 12.0. The maximum atomic E-state index is 4.33. The van der Waals surface area contributed by atoms with Crippen molar-refractivity contribution in [1.29, 1.82) is 0 Å². The molecule has 1 fully saturated rings. The normalized spacial score (nSPS) is 15.8. The molecule has 19 heavy (non-hydrogen) atoms. The molecule has 1 heterocycles. The Balaban J connectivity index is 1.74. The van der Waals surface area contributed by atoms with Crippen LogP contribution in [-0.2, 0) is 6.54 Å². The molecule has 1 aromatic carbocycles. The number of hydrogen-bond donors (Lipinski definition) is 1. The van der Waals surface area contributed by atoms with Crippen molar-refractivity contribution in [1.82, 2.24) is 14.8 Å². The van der Waals surface area contributed by atoms with E-state index >= 15 is 0 Å². The summed E-state index contributed by atoms with van der Waals surface area (Å²) in [6.07, 6.45) is 5.18. The molecule has 0 unspecified atom stereocenters. The lowest BCUT2D eigenvalue weighted by Crippen LogP contribution is -2.14. The fraction of sp³-hybridized carbons (Fsp3) is 0.467. The highest BCUT2D eigenvalue weighted by Gasteiger charge is 2.21. The van der Waals surface area contributed by atoms with Gasteiger partial charge in [0.25, 0.3) is 0 Å². The summed E-state index contributed by atoms with van der Waals surface area (Å²) in [5.41, 5.74) is 1.13. The van der Waals surface area contributed by atoms with Crippen LogP contribution < -0.4 is 5.32 Å². The summed E-state index contributed by atoms with van der Waals surface area (Å²) in [6.45, 7) is 2.79. The first-order chi connectivity index (χ1) is 9.34. The fourth-order valence-electron chi connectivity index (χ4n) is 2.91. The fourth-order valence-corrected chi connectivity index (χ4v) is 2.91. The van der Waals surface area contributed by atoms with Crippen molar-refractivity contribution in [2.45, 2.75) is 45.2 Å². The van der Waals surface area contributed by atoms with E-state index in [-0.39, 0.29) is 0 Å². The van der Waals surface area contributed by atoms with E-state index in [2.05, 4.69) is 39.1 Å². The van der Waals surface area contributed by atoms with E-state index in [4.69, 9.17) is 0 Å². The highest BCUT2D eigenvalue weighted by Crippen LogP contribution is 2.31. The molecule has 4 nitrogen and oxygen atoms in total. The number of benzene rings is 1. The molecule has 100 valence electrons. The quantitative estimate of drug-likeness (QED) is 0.912. The Labute approximate surface area is 113 Å². The molecule has 0 bridgehead atoms. The molecule has 3 rings (SSSR count). The van der Waals surface area contributed by atoms with Gasteiger partial charge in [0.05, 0.1) is 6.54 Å². The molecular formula is C15H20N4. The van der Waals surface area contributed by atoms with Crippen molar-refractivity contribution in [3.63, 3.8) is 0 Å². The number of aryl methyl sites for hydroxylation is 1. The molecular weight excluding hydrogens is 236 g/mol. The molecule has 0 amide bonds. The van der Waals surface area contributed by atoms with Crippen molar-refractivity contribution in [2.75, 3.05) is 5.32 Å². The highest BCUT2D eigenvalue weighted by atomic mass is 15.3. The second-order valence-electron chi connectivity index (χ2n) is 5.19. The lowest BCUT2D eigenvalue weighted by atomic mass is 10.2. The Hall–Kier alpha value is -1.84. The van der Waals surface area contributed by atoms with Crippen LogP contribution in [0.2, 0.25) is 0 Å². The van der Waals surface area contributed by atoms with Crippen molar-refractivity contribution in [2.24, 2.45) is 0 Å².